The van der Waals surface area contributed by atoms with Gasteiger partial charge in [-0.25, -0.2) is 0 Å². The normalized spacial score (nSPS) is 10.1. The number of amides is 1. The van der Waals surface area contributed by atoms with E-state index in [2.05, 4.69) is 12.2 Å². The summed E-state index contributed by atoms with van der Waals surface area (Å²) in [5.74, 6) is 0.127. The minimum absolute atomic E-state index is 0.127. The van der Waals surface area contributed by atoms with Crippen molar-refractivity contribution in [3.05, 3.63) is 30.3 Å². The molecular formula is C13H20N2O. The molecule has 1 amide bonds. The minimum Gasteiger partial charge on any atom is -0.311 e. The van der Waals surface area contributed by atoms with Crippen LogP contribution in [0.15, 0.2) is 30.3 Å². The summed E-state index contributed by atoms with van der Waals surface area (Å²) in [4.78, 5) is 13.8. The van der Waals surface area contributed by atoms with Gasteiger partial charge < -0.3 is 10.2 Å². The van der Waals surface area contributed by atoms with Gasteiger partial charge in [-0.05, 0) is 25.6 Å². The van der Waals surface area contributed by atoms with Crippen molar-refractivity contribution in [1.29, 1.82) is 0 Å². The van der Waals surface area contributed by atoms with Crippen LogP contribution in [0.25, 0.3) is 0 Å². The smallest absolute Gasteiger partial charge is 0.240 e. The molecule has 0 bridgehead atoms. The van der Waals surface area contributed by atoms with E-state index in [9.17, 15) is 4.79 Å². The first-order valence-corrected chi connectivity index (χ1v) is 5.79. The summed E-state index contributed by atoms with van der Waals surface area (Å²) in [5, 5.41) is 2.90. The van der Waals surface area contributed by atoms with Crippen molar-refractivity contribution < 1.29 is 4.79 Å². The van der Waals surface area contributed by atoms with Crippen molar-refractivity contribution in [2.45, 2.75) is 19.8 Å². The van der Waals surface area contributed by atoms with Gasteiger partial charge in [0, 0.05) is 12.2 Å². The maximum absolute atomic E-state index is 11.9. The molecule has 0 heterocycles. The molecule has 0 radical (unpaired) electrons. The van der Waals surface area contributed by atoms with Gasteiger partial charge in [-0.1, -0.05) is 31.5 Å². The van der Waals surface area contributed by atoms with Gasteiger partial charge in [-0.15, -0.1) is 0 Å². The van der Waals surface area contributed by atoms with E-state index in [1.807, 2.05) is 35.2 Å². The Bertz CT molecular complexity index is 311. The first-order valence-electron chi connectivity index (χ1n) is 5.79. The molecule has 1 rings (SSSR count). The summed E-state index contributed by atoms with van der Waals surface area (Å²) >= 11 is 0. The second-order valence-electron chi connectivity index (χ2n) is 3.76. The molecule has 16 heavy (non-hydrogen) atoms. The average Bonchev–Trinajstić information content (AvgIpc) is 2.31. The van der Waals surface area contributed by atoms with E-state index in [-0.39, 0.29) is 5.91 Å². The molecule has 0 aromatic heterocycles. The fourth-order valence-corrected chi connectivity index (χ4v) is 1.57. The summed E-state index contributed by atoms with van der Waals surface area (Å²) in [7, 11) is 1.79. The monoisotopic (exact) mass is 220 g/mol. The molecule has 1 aromatic rings. The summed E-state index contributed by atoms with van der Waals surface area (Å²) < 4.78 is 0. The lowest BCUT2D eigenvalue weighted by molar-refractivity contribution is -0.117. The summed E-state index contributed by atoms with van der Waals surface area (Å²) in [6.45, 7) is 3.31. The molecule has 0 unspecified atom stereocenters. The highest BCUT2D eigenvalue weighted by molar-refractivity contribution is 5.94. The molecule has 0 saturated heterocycles. The van der Waals surface area contributed by atoms with Crippen LogP contribution in [0.5, 0.6) is 0 Å². The Morgan fingerprint density at radius 2 is 2.00 bits per heavy atom. The lowest BCUT2D eigenvalue weighted by atomic mass is 10.2. The highest BCUT2D eigenvalue weighted by Gasteiger charge is 2.13. The van der Waals surface area contributed by atoms with Gasteiger partial charge in [0.25, 0.3) is 0 Å². The molecule has 1 N–H and O–H groups in total. The van der Waals surface area contributed by atoms with Crippen LogP contribution in [-0.4, -0.2) is 26.0 Å². The number of nitrogens with one attached hydrogen (secondary N) is 1. The fourth-order valence-electron chi connectivity index (χ4n) is 1.57. The standard InChI is InChI=1S/C13H20N2O/c1-3-4-10-15(13(16)11-14-2)12-8-6-5-7-9-12/h5-9,14H,3-4,10-11H2,1-2H3. The Kier molecular flexibility index (Phi) is 5.57. The van der Waals surface area contributed by atoms with Crippen molar-refractivity contribution in [3.63, 3.8) is 0 Å². The number of likely N-dealkylation sites (N-methyl/N-ethyl adjacent to an activating group) is 1. The summed E-state index contributed by atoms with van der Waals surface area (Å²) in [6, 6.07) is 9.83. The molecule has 0 atom stereocenters. The van der Waals surface area contributed by atoms with Gasteiger partial charge in [-0.3, -0.25) is 4.79 Å². The molecule has 0 spiro atoms. The average molecular weight is 220 g/mol. The molecule has 0 saturated carbocycles. The van der Waals surface area contributed by atoms with Crippen LogP contribution in [-0.2, 0) is 4.79 Å². The number of nitrogens with zero attached hydrogens (tertiary/aromatic N) is 1. The van der Waals surface area contributed by atoms with E-state index in [1.54, 1.807) is 7.05 Å². The van der Waals surface area contributed by atoms with Crippen LogP contribution in [0.2, 0.25) is 0 Å². The fraction of sp³-hybridized carbons (Fsp3) is 0.462. The first-order chi connectivity index (χ1) is 7.79. The van der Waals surface area contributed by atoms with Crippen LogP contribution < -0.4 is 10.2 Å². The van der Waals surface area contributed by atoms with Crippen molar-refractivity contribution in [1.82, 2.24) is 5.32 Å². The lowest BCUT2D eigenvalue weighted by Crippen LogP contribution is -2.37. The Labute approximate surface area is 97.5 Å². The van der Waals surface area contributed by atoms with Crippen LogP contribution in [0.4, 0.5) is 5.69 Å². The van der Waals surface area contributed by atoms with Crippen molar-refractivity contribution in [3.8, 4) is 0 Å². The molecule has 88 valence electrons. The number of para-hydroxylation sites is 1. The zero-order valence-electron chi connectivity index (χ0n) is 10.1. The summed E-state index contributed by atoms with van der Waals surface area (Å²) in [5.41, 5.74) is 0.983. The SMILES string of the molecule is CCCCN(C(=O)CNC)c1ccccc1. The number of anilines is 1. The van der Waals surface area contributed by atoms with E-state index in [0.717, 1.165) is 25.1 Å². The molecular weight excluding hydrogens is 200 g/mol. The van der Waals surface area contributed by atoms with Crippen LogP contribution in [0.1, 0.15) is 19.8 Å². The second-order valence-corrected chi connectivity index (χ2v) is 3.76. The highest BCUT2D eigenvalue weighted by atomic mass is 16.2. The number of unbranched alkanes of at least 4 members (excludes halogenated alkanes) is 1. The van der Waals surface area contributed by atoms with Crippen molar-refractivity contribution >= 4 is 11.6 Å². The molecule has 0 aliphatic carbocycles. The van der Waals surface area contributed by atoms with Crippen molar-refractivity contribution in [2.24, 2.45) is 0 Å². The summed E-state index contributed by atoms with van der Waals surface area (Å²) in [6.07, 6.45) is 2.13. The molecule has 1 aromatic carbocycles. The zero-order chi connectivity index (χ0) is 11.8. The van der Waals surface area contributed by atoms with Crippen molar-refractivity contribution in [2.75, 3.05) is 25.0 Å². The first kappa shape index (κ1) is 12.7. The number of benzene rings is 1. The van der Waals surface area contributed by atoms with Gasteiger partial charge in [0.15, 0.2) is 0 Å². The highest BCUT2D eigenvalue weighted by Crippen LogP contribution is 2.14. The third-order valence-corrected chi connectivity index (χ3v) is 2.43. The predicted octanol–water partition coefficient (Wildman–Crippen LogP) is 2.04. The number of carbonyl (C=O) groups is 1. The van der Waals surface area contributed by atoms with Crippen LogP contribution in [0.3, 0.4) is 0 Å². The van der Waals surface area contributed by atoms with Crippen LogP contribution in [0, 0.1) is 0 Å². The van der Waals surface area contributed by atoms with Crippen LogP contribution >= 0.6 is 0 Å². The van der Waals surface area contributed by atoms with Gasteiger partial charge in [0.05, 0.1) is 6.54 Å². The Balaban J connectivity index is 2.74. The third kappa shape index (κ3) is 3.66. The minimum atomic E-state index is 0.127. The number of hydrogen-bond donors (Lipinski definition) is 1. The Hall–Kier alpha value is -1.35. The molecule has 3 nitrogen and oxygen atoms in total. The van der Waals surface area contributed by atoms with Gasteiger partial charge in [0.2, 0.25) is 5.91 Å². The maximum atomic E-state index is 11.9. The van der Waals surface area contributed by atoms with Gasteiger partial charge in [0.1, 0.15) is 0 Å². The quantitative estimate of drug-likeness (QED) is 0.795. The largest absolute Gasteiger partial charge is 0.311 e. The maximum Gasteiger partial charge on any atom is 0.240 e. The third-order valence-electron chi connectivity index (χ3n) is 2.43. The van der Waals surface area contributed by atoms with Gasteiger partial charge >= 0.3 is 0 Å². The molecule has 0 fully saturated rings. The van der Waals surface area contributed by atoms with Gasteiger partial charge in [-0.2, -0.15) is 0 Å². The lowest BCUT2D eigenvalue weighted by Gasteiger charge is -2.22. The zero-order valence-corrected chi connectivity index (χ0v) is 10.1. The predicted molar refractivity (Wildman–Crippen MR) is 67.6 cm³/mol. The second kappa shape index (κ2) is 7.01. The van der Waals surface area contributed by atoms with E-state index in [4.69, 9.17) is 0 Å². The molecule has 0 aliphatic heterocycles. The topological polar surface area (TPSA) is 32.3 Å². The van der Waals surface area contributed by atoms with E-state index in [1.165, 1.54) is 0 Å². The molecule has 3 heteroatoms. The number of hydrogen-bond acceptors (Lipinski definition) is 2. The molecule has 0 aliphatic rings. The van der Waals surface area contributed by atoms with E-state index < -0.39 is 0 Å². The van der Waals surface area contributed by atoms with E-state index in [0.29, 0.717) is 6.54 Å². The number of carbonyl (C=O) groups excluding carboxylic acids is 1. The Morgan fingerprint density at radius 1 is 1.31 bits per heavy atom. The number of rotatable bonds is 6. The Morgan fingerprint density at radius 3 is 2.56 bits per heavy atom. The van der Waals surface area contributed by atoms with E-state index >= 15 is 0 Å².